The summed E-state index contributed by atoms with van der Waals surface area (Å²) >= 11 is 0. The van der Waals surface area contributed by atoms with Gasteiger partial charge in [-0.2, -0.15) is 13.2 Å². The molecule has 0 saturated carbocycles. The topological polar surface area (TPSA) is 23.5 Å². The molecule has 0 bridgehead atoms. The van der Waals surface area contributed by atoms with Crippen LogP contribution in [-0.2, 0) is 18.2 Å². The zero-order valence-electron chi connectivity index (χ0n) is 16.8. The number of piperidine rings is 1. The SMILES string of the molecule is OC1(c2ccc(C(F)(F)F)cc2)CCN(CCCc2cccc3ccccc23)CC1. The molecule has 2 nitrogen and oxygen atoms in total. The lowest BCUT2D eigenvalue weighted by molar-refractivity contribution is -0.137. The maximum Gasteiger partial charge on any atom is 0.416 e. The number of hydrogen-bond acceptors (Lipinski definition) is 2. The van der Waals surface area contributed by atoms with Gasteiger partial charge in [-0.05, 0) is 66.3 Å². The first-order valence-electron chi connectivity index (χ1n) is 10.4. The Bertz CT molecular complexity index is 984. The lowest BCUT2D eigenvalue weighted by atomic mass is 9.84. The van der Waals surface area contributed by atoms with Gasteiger partial charge in [0.2, 0.25) is 0 Å². The van der Waals surface area contributed by atoms with E-state index in [1.807, 2.05) is 0 Å². The van der Waals surface area contributed by atoms with Gasteiger partial charge in [0.25, 0.3) is 0 Å². The van der Waals surface area contributed by atoms with Crippen LogP contribution in [0.2, 0.25) is 0 Å². The number of halogens is 3. The van der Waals surface area contributed by atoms with Crippen molar-refractivity contribution in [3.8, 4) is 0 Å². The van der Waals surface area contributed by atoms with E-state index in [1.54, 1.807) is 0 Å². The average Bonchev–Trinajstić information content (AvgIpc) is 2.75. The van der Waals surface area contributed by atoms with Crippen LogP contribution in [0.5, 0.6) is 0 Å². The number of aryl methyl sites for hydroxylation is 1. The Morgan fingerprint density at radius 3 is 2.23 bits per heavy atom. The number of fused-ring (bicyclic) bond motifs is 1. The molecular formula is C25H26F3NO. The van der Waals surface area contributed by atoms with E-state index in [0.29, 0.717) is 18.4 Å². The van der Waals surface area contributed by atoms with Crippen molar-refractivity contribution in [2.45, 2.75) is 37.5 Å². The molecule has 0 atom stereocenters. The average molecular weight is 413 g/mol. The van der Waals surface area contributed by atoms with Crippen molar-refractivity contribution in [1.29, 1.82) is 0 Å². The van der Waals surface area contributed by atoms with E-state index in [1.165, 1.54) is 28.5 Å². The van der Waals surface area contributed by atoms with E-state index < -0.39 is 17.3 Å². The molecule has 0 aromatic heterocycles. The molecule has 1 heterocycles. The predicted molar refractivity (Wildman–Crippen MR) is 113 cm³/mol. The summed E-state index contributed by atoms with van der Waals surface area (Å²) in [5.41, 5.74) is 0.203. The summed E-state index contributed by atoms with van der Waals surface area (Å²) in [4.78, 5) is 2.34. The van der Waals surface area contributed by atoms with Crippen LogP contribution in [0.25, 0.3) is 10.8 Å². The summed E-state index contributed by atoms with van der Waals surface area (Å²) in [5.74, 6) is 0. The molecular weight excluding hydrogens is 387 g/mol. The molecule has 0 amide bonds. The highest BCUT2D eigenvalue weighted by Crippen LogP contribution is 2.35. The maximum absolute atomic E-state index is 12.8. The van der Waals surface area contributed by atoms with Crippen LogP contribution < -0.4 is 0 Å². The van der Waals surface area contributed by atoms with Crippen molar-refractivity contribution in [1.82, 2.24) is 4.90 Å². The minimum absolute atomic E-state index is 0.534. The molecule has 0 radical (unpaired) electrons. The molecule has 0 aliphatic carbocycles. The molecule has 1 aliphatic rings. The number of hydrogen-bond donors (Lipinski definition) is 1. The third-order valence-electron chi connectivity index (χ3n) is 6.23. The summed E-state index contributed by atoms with van der Waals surface area (Å²) < 4.78 is 38.3. The molecule has 1 fully saturated rings. The van der Waals surface area contributed by atoms with Gasteiger partial charge in [-0.15, -0.1) is 0 Å². The predicted octanol–water partition coefficient (Wildman–Crippen LogP) is 5.77. The van der Waals surface area contributed by atoms with Gasteiger partial charge in [-0.3, -0.25) is 0 Å². The van der Waals surface area contributed by atoms with Crippen molar-refractivity contribution in [2.75, 3.05) is 19.6 Å². The number of benzene rings is 3. The van der Waals surface area contributed by atoms with Crippen molar-refractivity contribution in [3.63, 3.8) is 0 Å². The second-order valence-electron chi connectivity index (χ2n) is 8.19. The Morgan fingerprint density at radius 2 is 1.53 bits per heavy atom. The first-order chi connectivity index (χ1) is 14.4. The van der Waals surface area contributed by atoms with Gasteiger partial charge in [-0.1, -0.05) is 54.6 Å². The number of likely N-dealkylation sites (tertiary alicyclic amines) is 1. The Kier molecular flexibility index (Phi) is 5.85. The monoisotopic (exact) mass is 413 g/mol. The summed E-state index contributed by atoms with van der Waals surface area (Å²) in [6.07, 6.45) is -1.25. The fourth-order valence-electron chi connectivity index (χ4n) is 4.41. The highest BCUT2D eigenvalue weighted by atomic mass is 19.4. The summed E-state index contributed by atoms with van der Waals surface area (Å²) in [5, 5.41) is 13.5. The molecule has 0 spiro atoms. The maximum atomic E-state index is 12.8. The van der Waals surface area contributed by atoms with Crippen LogP contribution in [-0.4, -0.2) is 29.6 Å². The lowest BCUT2D eigenvalue weighted by Gasteiger charge is -2.38. The van der Waals surface area contributed by atoms with Crippen LogP contribution >= 0.6 is 0 Å². The second kappa shape index (κ2) is 8.40. The minimum atomic E-state index is -4.35. The highest BCUT2D eigenvalue weighted by molar-refractivity contribution is 5.85. The molecule has 3 aromatic carbocycles. The van der Waals surface area contributed by atoms with Gasteiger partial charge in [0.15, 0.2) is 0 Å². The lowest BCUT2D eigenvalue weighted by Crippen LogP contribution is -2.43. The largest absolute Gasteiger partial charge is 0.416 e. The van der Waals surface area contributed by atoms with E-state index >= 15 is 0 Å². The number of alkyl halides is 3. The molecule has 5 heteroatoms. The second-order valence-corrected chi connectivity index (χ2v) is 8.19. The molecule has 1 saturated heterocycles. The molecule has 158 valence electrons. The van der Waals surface area contributed by atoms with E-state index in [0.717, 1.165) is 44.6 Å². The fourth-order valence-corrected chi connectivity index (χ4v) is 4.41. The van der Waals surface area contributed by atoms with E-state index in [2.05, 4.69) is 47.4 Å². The van der Waals surface area contributed by atoms with Gasteiger partial charge in [-0.25, -0.2) is 0 Å². The number of rotatable bonds is 5. The summed E-state index contributed by atoms with van der Waals surface area (Å²) in [7, 11) is 0. The zero-order valence-corrected chi connectivity index (χ0v) is 16.8. The van der Waals surface area contributed by atoms with Crippen molar-refractivity contribution in [3.05, 3.63) is 83.4 Å². The van der Waals surface area contributed by atoms with Gasteiger partial charge in [0.05, 0.1) is 11.2 Å². The summed E-state index contributed by atoms with van der Waals surface area (Å²) in [6.45, 7) is 2.44. The zero-order chi connectivity index (χ0) is 21.2. The van der Waals surface area contributed by atoms with E-state index in [4.69, 9.17) is 0 Å². The molecule has 3 aromatic rings. The van der Waals surface area contributed by atoms with Crippen LogP contribution in [0, 0.1) is 0 Å². The minimum Gasteiger partial charge on any atom is -0.385 e. The van der Waals surface area contributed by atoms with Gasteiger partial charge in [0.1, 0.15) is 0 Å². The Labute approximate surface area is 174 Å². The van der Waals surface area contributed by atoms with Crippen molar-refractivity contribution in [2.24, 2.45) is 0 Å². The molecule has 1 aliphatic heterocycles. The first kappa shape index (κ1) is 20.9. The Balaban J connectivity index is 1.31. The molecule has 0 unspecified atom stereocenters. The van der Waals surface area contributed by atoms with Gasteiger partial charge >= 0.3 is 6.18 Å². The molecule has 30 heavy (non-hydrogen) atoms. The molecule has 4 rings (SSSR count). The third-order valence-corrected chi connectivity index (χ3v) is 6.23. The number of aliphatic hydroxyl groups is 1. The van der Waals surface area contributed by atoms with Crippen LogP contribution in [0.4, 0.5) is 13.2 Å². The van der Waals surface area contributed by atoms with E-state index in [-0.39, 0.29) is 0 Å². The highest BCUT2D eigenvalue weighted by Gasteiger charge is 2.35. The normalized spacial score (nSPS) is 17.3. The van der Waals surface area contributed by atoms with Crippen LogP contribution in [0.1, 0.15) is 36.0 Å². The third kappa shape index (κ3) is 4.52. The smallest absolute Gasteiger partial charge is 0.385 e. The number of nitrogens with zero attached hydrogens (tertiary/aromatic N) is 1. The standard InChI is InChI=1S/C25H26F3NO/c26-25(27,28)22-12-10-21(11-13-22)24(30)14-17-29(18-15-24)16-4-8-20-7-3-6-19-5-1-2-9-23(19)20/h1-3,5-7,9-13,30H,4,8,14-18H2. The Hall–Kier alpha value is -2.37. The molecule has 1 N–H and O–H groups in total. The first-order valence-corrected chi connectivity index (χ1v) is 10.4. The van der Waals surface area contributed by atoms with Crippen molar-refractivity contribution < 1.29 is 18.3 Å². The van der Waals surface area contributed by atoms with Gasteiger partial charge in [0, 0.05) is 13.1 Å². The van der Waals surface area contributed by atoms with Crippen molar-refractivity contribution >= 4 is 10.8 Å². The Morgan fingerprint density at radius 1 is 0.867 bits per heavy atom. The summed E-state index contributed by atoms with van der Waals surface area (Å²) in [6, 6.07) is 19.8. The van der Waals surface area contributed by atoms with Crippen LogP contribution in [0.3, 0.4) is 0 Å². The van der Waals surface area contributed by atoms with Gasteiger partial charge < -0.3 is 10.0 Å². The quantitative estimate of drug-likeness (QED) is 0.574. The fraction of sp³-hybridized carbons (Fsp3) is 0.360. The van der Waals surface area contributed by atoms with E-state index in [9.17, 15) is 18.3 Å². The van der Waals surface area contributed by atoms with Crippen LogP contribution in [0.15, 0.2) is 66.7 Å².